The zero-order valence-electron chi connectivity index (χ0n) is 15.7. The molecule has 0 N–H and O–H groups in total. The van der Waals surface area contributed by atoms with Crippen LogP contribution in [0.3, 0.4) is 0 Å². The molecule has 1 amide bonds. The second-order valence-corrected chi connectivity index (χ2v) is 7.32. The Balaban J connectivity index is 1.45. The van der Waals surface area contributed by atoms with Crippen LogP contribution >= 0.6 is 0 Å². The number of carbonyl (C=O) groups excluding carboxylic acids is 1. The summed E-state index contributed by atoms with van der Waals surface area (Å²) < 4.78 is 2.05. The Hall–Kier alpha value is -2.88. The standard InChI is InChI=1S/C23H25N3O/c1-18(27)25-13-10-19(11-14-25)17-26-15-12-23(24-26)22-9-5-8-21(16-22)20-6-3-2-4-7-20/h2-9,12,15-16,19H,10-11,13-14,17H2,1H3. The van der Waals surface area contributed by atoms with Crippen LogP contribution in [0.25, 0.3) is 22.4 Å². The summed E-state index contributed by atoms with van der Waals surface area (Å²) in [5.74, 6) is 0.775. The lowest BCUT2D eigenvalue weighted by Gasteiger charge is -2.31. The molecule has 1 aliphatic rings. The van der Waals surface area contributed by atoms with Crippen molar-refractivity contribution in [2.75, 3.05) is 13.1 Å². The molecule has 1 aliphatic heterocycles. The number of likely N-dealkylation sites (tertiary alicyclic amines) is 1. The predicted molar refractivity (Wildman–Crippen MR) is 108 cm³/mol. The number of rotatable bonds is 4. The molecular formula is C23H25N3O. The van der Waals surface area contributed by atoms with Crippen LogP contribution in [0, 0.1) is 5.92 Å². The average molecular weight is 359 g/mol. The lowest BCUT2D eigenvalue weighted by Crippen LogP contribution is -2.38. The molecule has 0 bridgehead atoms. The first kappa shape index (κ1) is 17.5. The summed E-state index contributed by atoms with van der Waals surface area (Å²) in [6.07, 6.45) is 4.18. The fourth-order valence-corrected chi connectivity index (χ4v) is 3.80. The van der Waals surface area contributed by atoms with Crippen molar-refractivity contribution in [3.05, 3.63) is 66.9 Å². The average Bonchev–Trinajstić information content (AvgIpc) is 3.18. The molecule has 27 heavy (non-hydrogen) atoms. The van der Waals surface area contributed by atoms with Crippen LogP contribution in [0.1, 0.15) is 19.8 Å². The quantitative estimate of drug-likeness (QED) is 0.689. The van der Waals surface area contributed by atoms with Crippen LogP contribution in [0.5, 0.6) is 0 Å². The van der Waals surface area contributed by atoms with Gasteiger partial charge in [0, 0.05) is 38.3 Å². The van der Waals surface area contributed by atoms with E-state index in [1.807, 2.05) is 11.0 Å². The van der Waals surface area contributed by atoms with E-state index in [0.29, 0.717) is 5.92 Å². The second kappa shape index (κ2) is 7.78. The van der Waals surface area contributed by atoms with Crippen molar-refractivity contribution in [3.8, 4) is 22.4 Å². The second-order valence-electron chi connectivity index (χ2n) is 7.32. The number of amides is 1. The fraction of sp³-hybridized carbons (Fsp3) is 0.304. The molecule has 4 rings (SSSR count). The van der Waals surface area contributed by atoms with E-state index in [9.17, 15) is 4.79 Å². The van der Waals surface area contributed by atoms with Crippen molar-refractivity contribution in [2.24, 2.45) is 5.92 Å². The van der Waals surface area contributed by atoms with E-state index in [-0.39, 0.29) is 5.91 Å². The zero-order valence-corrected chi connectivity index (χ0v) is 15.7. The number of benzene rings is 2. The summed E-state index contributed by atoms with van der Waals surface area (Å²) >= 11 is 0. The summed E-state index contributed by atoms with van der Waals surface area (Å²) in [7, 11) is 0. The summed E-state index contributed by atoms with van der Waals surface area (Å²) in [6.45, 7) is 4.31. The Kier molecular flexibility index (Phi) is 5.05. The van der Waals surface area contributed by atoms with Crippen molar-refractivity contribution < 1.29 is 4.79 Å². The van der Waals surface area contributed by atoms with Gasteiger partial charge in [-0.3, -0.25) is 9.48 Å². The number of piperidine rings is 1. The van der Waals surface area contributed by atoms with Gasteiger partial charge in [0.05, 0.1) is 5.69 Å². The number of hydrogen-bond acceptors (Lipinski definition) is 2. The van der Waals surface area contributed by atoms with E-state index < -0.39 is 0 Å². The van der Waals surface area contributed by atoms with Crippen molar-refractivity contribution in [2.45, 2.75) is 26.3 Å². The summed E-state index contributed by atoms with van der Waals surface area (Å²) in [6, 6.07) is 21.1. The van der Waals surface area contributed by atoms with Crippen LogP contribution in [0.4, 0.5) is 0 Å². The Morgan fingerprint density at radius 1 is 0.963 bits per heavy atom. The monoisotopic (exact) mass is 359 g/mol. The van der Waals surface area contributed by atoms with Gasteiger partial charge >= 0.3 is 0 Å². The minimum atomic E-state index is 0.188. The molecule has 3 aromatic rings. The number of nitrogens with zero attached hydrogens (tertiary/aromatic N) is 3. The van der Waals surface area contributed by atoms with Gasteiger partial charge < -0.3 is 4.90 Å². The van der Waals surface area contributed by atoms with Crippen LogP contribution in [-0.4, -0.2) is 33.7 Å². The lowest BCUT2D eigenvalue weighted by molar-refractivity contribution is -0.130. The zero-order chi connectivity index (χ0) is 18.6. The SMILES string of the molecule is CC(=O)N1CCC(Cn2ccc(-c3cccc(-c4ccccc4)c3)n2)CC1. The fourth-order valence-electron chi connectivity index (χ4n) is 3.80. The molecule has 1 fully saturated rings. The van der Waals surface area contributed by atoms with E-state index in [1.54, 1.807) is 6.92 Å². The molecule has 0 spiro atoms. The highest BCUT2D eigenvalue weighted by Gasteiger charge is 2.21. The van der Waals surface area contributed by atoms with Crippen LogP contribution in [0.2, 0.25) is 0 Å². The largest absolute Gasteiger partial charge is 0.343 e. The maximum absolute atomic E-state index is 11.5. The Morgan fingerprint density at radius 3 is 2.41 bits per heavy atom. The van der Waals surface area contributed by atoms with E-state index in [0.717, 1.165) is 43.7 Å². The highest BCUT2D eigenvalue weighted by Crippen LogP contribution is 2.26. The van der Waals surface area contributed by atoms with Crippen molar-refractivity contribution in [1.82, 2.24) is 14.7 Å². The van der Waals surface area contributed by atoms with Crippen molar-refractivity contribution in [3.63, 3.8) is 0 Å². The number of aromatic nitrogens is 2. The van der Waals surface area contributed by atoms with Crippen molar-refractivity contribution in [1.29, 1.82) is 0 Å². The van der Waals surface area contributed by atoms with Gasteiger partial charge in [0.15, 0.2) is 0 Å². The molecule has 0 saturated carbocycles. The smallest absolute Gasteiger partial charge is 0.219 e. The van der Waals surface area contributed by atoms with Gasteiger partial charge in [-0.2, -0.15) is 5.10 Å². The van der Waals surface area contributed by atoms with Gasteiger partial charge in [0.1, 0.15) is 0 Å². The third kappa shape index (κ3) is 4.11. The lowest BCUT2D eigenvalue weighted by atomic mass is 9.97. The van der Waals surface area contributed by atoms with Gasteiger partial charge in [-0.05, 0) is 42.0 Å². The molecule has 0 aliphatic carbocycles. The van der Waals surface area contributed by atoms with Crippen LogP contribution in [0.15, 0.2) is 66.9 Å². The molecule has 0 atom stereocenters. The molecule has 1 saturated heterocycles. The summed E-state index contributed by atoms with van der Waals surface area (Å²) in [4.78, 5) is 13.4. The summed E-state index contributed by atoms with van der Waals surface area (Å²) in [5.41, 5.74) is 4.57. The topological polar surface area (TPSA) is 38.1 Å². The molecule has 2 heterocycles. The van der Waals surface area contributed by atoms with Crippen LogP contribution < -0.4 is 0 Å². The van der Waals surface area contributed by atoms with Gasteiger partial charge in [0.2, 0.25) is 5.91 Å². The maximum Gasteiger partial charge on any atom is 0.219 e. The van der Waals surface area contributed by atoms with E-state index in [4.69, 9.17) is 5.10 Å². The normalized spacial score (nSPS) is 15.1. The first-order valence-corrected chi connectivity index (χ1v) is 9.64. The Labute approximate surface area is 160 Å². The Morgan fingerprint density at radius 2 is 1.67 bits per heavy atom. The van der Waals surface area contributed by atoms with Gasteiger partial charge in [-0.15, -0.1) is 0 Å². The molecule has 4 heteroatoms. The molecule has 1 aromatic heterocycles. The number of carbonyl (C=O) groups is 1. The molecule has 138 valence electrons. The summed E-state index contributed by atoms with van der Waals surface area (Å²) in [5, 5.41) is 4.80. The van der Waals surface area contributed by atoms with Gasteiger partial charge in [-0.25, -0.2) is 0 Å². The van der Waals surface area contributed by atoms with Gasteiger partial charge in [0.25, 0.3) is 0 Å². The number of hydrogen-bond donors (Lipinski definition) is 0. The highest BCUT2D eigenvalue weighted by molar-refractivity contribution is 5.73. The van der Waals surface area contributed by atoms with E-state index in [1.165, 1.54) is 11.1 Å². The maximum atomic E-state index is 11.5. The third-order valence-corrected chi connectivity index (χ3v) is 5.41. The molecule has 4 nitrogen and oxygen atoms in total. The first-order chi connectivity index (χ1) is 13.2. The molecular weight excluding hydrogens is 334 g/mol. The molecule has 2 aromatic carbocycles. The molecule has 0 radical (unpaired) electrons. The minimum Gasteiger partial charge on any atom is -0.343 e. The highest BCUT2D eigenvalue weighted by atomic mass is 16.2. The van der Waals surface area contributed by atoms with Gasteiger partial charge in [-0.1, -0.05) is 48.5 Å². The van der Waals surface area contributed by atoms with Crippen molar-refractivity contribution >= 4 is 5.91 Å². The third-order valence-electron chi connectivity index (χ3n) is 5.41. The minimum absolute atomic E-state index is 0.188. The molecule has 0 unspecified atom stereocenters. The first-order valence-electron chi connectivity index (χ1n) is 9.64. The Bertz CT molecular complexity index is 908. The van der Waals surface area contributed by atoms with Crippen LogP contribution in [-0.2, 0) is 11.3 Å². The van der Waals surface area contributed by atoms with E-state index in [2.05, 4.69) is 65.5 Å². The van der Waals surface area contributed by atoms with E-state index >= 15 is 0 Å². The predicted octanol–water partition coefficient (Wildman–Crippen LogP) is 4.48.